The molecule has 6 nitrogen and oxygen atoms in total. The molecule has 0 aliphatic carbocycles. The van der Waals surface area contributed by atoms with Crippen molar-refractivity contribution in [2.45, 2.75) is 13.8 Å². The molecule has 1 aliphatic heterocycles. The van der Waals surface area contributed by atoms with E-state index in [-0.39, 0.29) is 11.8 Å². The molecule has 1 saturated heterocycles. The quantitative estimate of drug-likeness (QED) is 0.741. The molecule has 1 fully saturated rings. The number of benzene rings is 1. The number of rotatable bonds is 3. The highest BCUT2D eigenvalue weighted by atomic mass is 32.1. The van der Waals surface area contributed by atoms with Gasteiger partial charge in [-0.15, -0.1) is 11.3 Å². The number of thiophene rings is 1. The van der Waals surface area contributed by atoms with Crippen LogP contribution in [-0.2, 0) is 0 Å². The van der Waals surface area contributed by atoms with Crippen molar-refractivity contribution in [3.63, 3.8) is 0 Å². The summed E-state index contributed by atoms with van der Waals surface area (Å²) >= 11 is 1.45. The van der Waals surface area contributed by atoms with E-state index in [0.29, 0.717) is 31.9 Å². The maximum atomic E-state index is 12.8. The van der Waals surface area contributed by atoms with Crippen molar-refractivity contribution in [3.05, 3.63) is 63.5 Å². The summed E-state index contributed by atoms with van der Waals surface area (Å²) in [6, 6.07) is 11.7. The number of H-pyrrole nitrogens is 1. The van der Waals surface area contributed by atoms with E-state index < -0.39 is 0 Å². The molecule has 28 heavy (non-hydrogen) atoms. The number of nitrogens with one attached hydrogen (secondary N) is 1. The maximum Gasteiger partial charge on any atom is 0.272 e. The Morgan fingerprint density at radius 3 is 2.32 bits per heavy atom. The van der Waals surface area contributed by atoms with Crippen molar-refractivity contribution in [2.75, 3.05) is 26.2 Å². The van der Waals surface area contributed by atoms with Gasteiger partial charge in [0.2, 0.25) is 0 Å². The van der Waals surface area contributed by atoms with Gasteiger partial charge in [-0.2, -0.15) is 5.10 Å². The fourth-order valence-corrected chi connectivity index (χ4v) is 4.01. The van der Waals surface area contributed by atoms with Gasteiger partial charge in [-0.05, 0) is 48.6 Å². The highest BCUT2D eigenvalue weighted by molar-refractivity contribution is 7.12. The van der Waals surface area contributed by atoms with Gasteiger partial charge in [0.25, 0.3) is 11.8 Å². The Hall–Kier alpha value is -2.93. The summed E-state index contributed by atoms with van der Waals surface area (Å²) in [6.07, 6.45) is 0. The molecule has 0 atom stereocenters. The molecular weight excluding hydrogens is 372 g/mol. The van der Waals surface area contributed by atoms with Gasteiger partial charge in [0.05, 0.1) is 10.6 Å². The zero-order valence-corrected chi connectivity index (χ0v) is 16.8. The summed E-state index contributed by atoms with van der Waals surface area (Å²) in [7, 11) is 0. The largest absolute Gasteiger partial charge is 0.334 e. The average Bonchev–Trinajstić information content (AvgIpc) is 3.41. The van der Waals surface area contributed by atoms with Gasteiger partial charge in [-0.1, -0.05) is 18.2 Å². The number of aromatic amines is 1. The van der Waals surface area contributed by atoms with Crippen LogP contribution in [0.1, 0.15) is 31.3 Å². The lowest BCUT2D eigenvalue weighted by molar-refractivity contribution is 0.0535. The number of amides is 2. The molecule has 0 bridgehead atoms. The molecule has 144 valence electrons. The van der Waals surface area contributed by atoms with Crippen molar-refractivity contribution in [1.29, 1.82) is 0 Å². The standard InChI is InChI=1S/C21H22N4O2S/c1-14-5-6-16(12-15(14)2)17-13-18(23-22-17)20(26)24-7-9-25(10-8-24)21(27)19-4-3-11-28-19/h3-6,11-13H,7-10H2,1-2H3,(H,22,23). The summed E-state index contributed by atoms with van der Waals surface area (Å²) in [4.78, 5) is 29.6. The molecule has 7 heteroatoms. The van der Waals surface area contributed by atoms with Crippen molar-refractivity contribution >= 4 is 23.2 Å². The van der Waals surface area contributed by atoms with Crippen LogP contribution in [0.3, 0.4) is 0 Å². The molecule has 1 N–H and O–H groups in total. The van der Waals surface area contributed by atoms with Crippen molar-refractivity contribution < 1.29 is 9.59 Å². The number of piperazine rings is 1. The molecule has 0 radical (unpaired) electrons. The second kappa shape index (κ2) is 7.59. The topological polar surface area (TPSA) is 69.3 Å². The van der Waals surface area contributed by atoms with E-state index in [1.165, 1.54) is 22.5 Å². The predicted molar refractivity (Wildman–Crippen MR) is 110 cm³/mol. The second-order valence-electron chi connectivity index (χ2n) is 7.03. The first-order valence-electron chi connectivity index (χ1n) is 9.28. The van der Waals surface area contributed by atoms with Crippen LogP contribution in [0.25, 0.3) is 11.3 Å². The monoisotopic (exact) mass is 394 g/mol. The van der Waals surface area contributed by atoms with Gasteiger partial charge in [0, 0.05) is 31.7 Å². The van der Waals surface area contributed by atoms with E-state index in [4.69, 9.17) is 0 Å². The number of aryl methyl sites for hydroxylation is 2. The third-order valence-electron chi connectivity index (χ3n) is 5.20. The van der Waals surface area contributed by atoms with Crippen LogP contribution in [0.15, 0.2) is 41.8 Å². The fraction of sp³-hybridized carbons (Fsp3) is 0.286. The fourth-order valence-electron chi connectivity index (χ4n) is 3.32. The molecule has 3 heterocycles. The van der Waals surface area contributed by atoms with Gasteiger partial charge >= 0.3 is 0 Å². The molecule has 1 aromatic carbocycles. The van der Waals surface area contributed by atoms with Gasteiger partial charge < -0.3 is 9.80 Å². The number of hydrogen-bond acceptors (Lipinski definition) is 4. The lowest BCUT2D eigenvalue weighted by Crippen LogP contribution is -2.50. The van der Waals surface area contributed by atoms with Crippen LogP contribution >= 0.6 is 11.3 Å². The average molecular weight is 395 g/mol. The van der Waals surface area contributed by atoms with Crippen LogP contribution in [-0.4, -0.2) is 58.0 Å². The van der Waals surface area contributed by atoms with Crippen molar-refractivity contribution in [1.82, 2.24) is 20.0 Å². The zero-order chi connectivity index (χ0) is 19.7. The lowest BCUT2D eigenvalue weighted by atomic mass is 10.0. The summed E-state index contributed by atoms with van der Waals surface area (Å²) < 4.78 is 0. The van der Waals surface area contributed by atoms with Crippen LogP contribution in [0.5, 0.6) is 0 Å². The molecule has 2 amide bonds. The highest BCUT2D eigenvalue weighted by Gasteiger charge is 2.26. The van der Waals surface area contributed by atoms with E-state index >= 15 is 0 Å². The zero-order valence-electron chi connectivity index (χ0n) is 15.9. The van der Waals surface area contributed by atoms with E-state index in [2.05, 4.69) is 36.2 Å². The van der Waals surface area contributed by atoms with Crippen LogP contribution in [0.4, 0.5) is 0 Å². The summed E-state index contributed by atoms with van der Waals surface area (Å²) in [5, 5.41) is 9.09. The number of carbonyl (C=O) groups excluding carboxylic acids is 2. The minimum atomic E-state index is -0.0780. The van der Waals surface area contributed by atoms with Gasteiger partial charge in [-0.3, -0.25) is 14.7 Å². The second-order valence-corrected chi connectivity index (χ2v) is 7.98. The number of hydrogen-bond donors (Lipinski definition) is 1. The highest BCUT2D eigenvalue weighted by Crippen LogP contribution is 2.22. The van der Waals surface area contributed by atoms with E-state index in [1.54, 1.807) is 11.0 Å². The smallest absolute Gasteiger partial charge is 0.272 e. The number of aromatic nitrogens is 2. The van der Waals surface area contributed by atoms with Crippen molar-refractivity contribution in [3.8, 4) is 11.3 Å². The molecule has 0 unspecified atom stereocenters. The predicted octanol–water partition coefficient (Wildman–Crippen LogP) is 3.35. The van der Waals surface area contributed by atoms with Crippen LogP contribution in [0.2, 0.25) is 0 Å². The molecule has 3 aromatic rings. The first kappa shape index (κ1) is 18.4. The first-order valence-corrected chi connectivity index (χ1v) is 10.2. The third-order valence-corrected chi connectivity index (χ3v) is 6.05. The third kappa shape index (κ3) is 3.57. The van der Waals surface area contributed by atoms with E-state index in [1.807, 2.05) is 28.5 Å². The Balaban J connectivity index is 1.41. The molecule has 0 saturated carbocycles. The summed E-state index contributed by atoms with van der Waals surface area (Å²) in [5.41, 5.74) is 4.65. The number of carbonyl (C=O) groups is 2. The summed E-state index contributed by atoms with van der Waals surface area (Å²) in [6.45, 7) is 6.26. The maximum absolute atomic E-state index is 12.8. The van der Waals surface area contributed by atoms with Gasteiger partial charge in [0.15, 0.2) is 0 Å². The molecular formula is C21H22N4O2S. The molecule has 2 aromatic heterocycles. The molecule has 1 aliphatic rings. The Labute approximate surface area is 167 Å². The van der Waals surface area contributed by atoms with Crippen LogP contribution in [0, 0.1) is 13.8 Å². The Morgan fingerprint density at radius 1 is 0.964 bits per heavy atom. The van der Waals surface area contributed by atoms with Gasteiger partial charge in [0.1, 0.15) is 5.69 Å². The van der Waals surface area contributed by atoms with E-state index in [0.717, 1.165) is 16.1 Å². The summed E-state index contributed by atoms with van der Waals surface area (Å²) in [5.74, 6) is -0.0357. The Bertz CT molecular complexity index is 1000. The van der Waals surface area contributed by atoms with E-state index in [9.17, 15) is 9.59 Å². The molecule has 4 rings (SSSR count). The SMILES string of the molecule is Cc1ccc(-c2cc(C(=O)N3CCN(C(=O)c4cccs4)CC3)[nH]n2)cc1C. The Kier molecular flexibility index (Phi) is 5.00. The number of nitrogens with zero attached hydrogens (tertiary/aromatic N) is 3. The Morgan fingerprint density at radius 2 is 1.68 bits per heavy atom. The van der Waals surface area contributed by atoms with Gasteiger partial charge in [-0.25, -0.2) is 0 Å². The minimum absolute atomic E-state index is 0.0423. The lowest BCUT2D eigenvalue weighted by Gasteiger charge is -2.34. The molecule has 0 spiro atoms. The van der Waals surface area contributed by atoms with Crippen molar-refractivity contribution in [2.24, 2.45) is 0 Å². The normalized spacial score (nSPS) is 14.4. The minimum Gasteiger partial charge on any atom is -0.334 e. The van der Waals surface area contributed by atoms with Crippen LogP contribution < -0.4 is 0 Å². The first-order chi connectivity index (χ1) is 13.5.